The average Bonchev–Trinajstić information content (AvgIpc) is 2.39. The maximum absolute atomic E-state index is 11.7. The second-order valence-corrected chi connectivity index (χ2v) is 6.03. The van der Waals surface area contributed by atoms with E-state index in [1.807, 2.05) is 62.4 Å². The van der Waals surface area contributed by atoms with Crippen molar-refractivity contribution in [3.8, 4) is 0 Å². The number of hydrogen-bond acceptors (Lipinski definition) is 1. The van der Waals surface area contributed by atoms with Crippen LogP contribution in [-0.2, 0) is 9.18 Å². The topological polar surface area (TPSA) is 17.1 Å². The molecule has 0 saturated carbocycles. The summed E-state index contributed by atoms with van der Waals surface area (Å²) in [5, 5.41) is 0. The number of aryl methyl sites for hydroxylation is 2. The first-order valence-electron chi connectivity index (χ1n) is 5.75. The van der Waals surface area contributed by atoms with Gasteiger partial charge in [0.25, 0.3) is 0 Å². The second kappa shape index (κ2) is 5.22. The fraction of sp³-hybridized carbons (Fsp3) is 0.200. The van der Waals surface area contributed by atoms with Gasteiger partial charge in [0.1, 0.15) is 0 Å². The van der Waals surface area contributed by atoms with Crippen molar-refractivity contribution in [2.24, 2.45) is 0 Å². The van der Waals surface area contributed by atoms with Gasteiger partial charge in [0, 0.05) is 0 Å². The Hall–Kier alpha value is -1.17. The van der Waals surface area contributed by atoms with Crippen molar-refractivity contribution in [3.63, 3.8) is 0 Å². The summed E-state index contributed by atoms with van der Waals surface area (Å²) in [6.45, 7) is 3.96. The number of hydrogen-bond donors (Lipinski definition) is 0. The Labute approximate surface area is 114 Å². The zero-order chi connectivity index (χ0) is 13.2. The molecule has 18 heavy (non-hydrogen) atoms. The number of alkyl halides is 1. The van der Waals surface area contributed by atoms with Gasteiger partial charge in [0.05, 0.1) is 0 Å². The van der Waals surface area contributed by atoms with Crippen LogP contribution in [0.1, 0.15) is 22.3 Å². The lowest BCUT2D eigenvalue weighted by atomic mass is 9.96. The summed E-state index contributed by atoms with van der Waals surface area (Å²) in [5.41, 5.74) is 3.86. The highest BCUT2D eigenvalue weighted by molar-refractivity contribution is 7.29. The van der Waals surface area contributed by atoms with E-state index in [1.54, 1.807) is 0 Å². The van der Waals surface area contributed by atoms with E-state index in [-0.39, 0.29) is 8.46 Å². The molecule has 0 aromatic heterocycles. The van der Waals surface area contributed by atoms with Gasteiger partial charge in [-0.2, -0.15) is 0 Å². The average molecular weight is 277 g/mol. The van der Waals surface area contributed by atoms with Crippen LogP contribution >= 0.6 is 20.1 Å². The van der Waals surface area contributed by atoms with Crippen LogP contribution in [0.4, 0.5) is 0 Å². The molecule has 0 atom stereocenters. The summed E-state index contributed by atoms with van der Waals surface area (Å²) in [6.07, 6.45) is 0. The summed E-state index contributed by atoms with van der Waals surface area (Å²) in [6, 6.07) is 15.6. The van der Waals surface area contributed by atoms with Crippen molar-refractivity contribution < 1.29 is 4.57 Å². The molecule has 1 nitrogen and oxygen atoms in total. The van der Waals surface area contributed by atoms with Crippen molar-refractivity contribution in [3.05, 3.63) is 70.8 Å². The lowest BCUT2D eigenvalue weighted by Gasteiger charge is -2.24. The molecule has 2 aromatic carbocycles. The minimum absolute atomic E-state index is 0.106. The molecule has 3 heteroatoms. The predicted octanol–water partition coefficient (Wildman–Crippen LogP) is 5.04. The van der Waals surface area contributed by atoms with Gasteiger partial charge in [-0.15, -0.1) is 0 Å². The summed E-state index contributed by atoms with van der Waals surface area (Å²) in [4.78, 5) is 0. The maximum Gasteiger partial charge on any atom is 0.188 e. The summed E-state index contributed by atoms with van der Waals surface area (Å²) in [5.74, 6) is 0. The van der Waals surface area contributed by atoms with Crippen LogP contribution in [0.25, 0.3) is 0 Å². The van der Waals surface area contributed by atoms with Crippen molar-refractivity contribution in [2.45, 2.75) is 18.5 Å². The Morgan fingerprint density at radius 1 is 0.889 bits per heavy atom. The first kappa shape index (κ1) is 13.3. The van der Waals surface area contributed by atoms with Crippen molar-refractivity contribution in [1.82, 2.24) is 0 Å². The van der Waals surface area contributed by atoms with Crippen molar-refractivity contribution >= 4 is 20.1 Å². The number of halogens is 1. The van der Waals surface area contributed by atoms with Crippen LogP contribution in [0.2, 0.25) is 0 Å². The number of rotatable bonds is 3. The smallest absolute Gasteiger partial charge is 0.188 e. The third-order valence-corrected chi connectivity index (χ3v) is 4.48. The van der Waals surface area contributed by atoms with Crippen molar-refractivity contribution in [2.75, 3.05) is 0 Å². The highest BCUT2D eigenvalue weighted by Gasteiger charge is 2.35. The van der Waals surface area contributed by atoms with Gasteiger partial charge in [-0.3, -0.25) is 4.57 Å². The summed E-state index contributed by atoms with van der Waals surface area (Å²) < 4.78 is 10.7. The van der Waals surface area contributed by atoms with E-state index in [0.717, 1.165) is 22.3 Å². The molecule has 0 spiro atoms. The Morgan fingerprint density at radius 3 is 1.61 bits per heavy atom. The van der Waals surface area contributed by atoms with E-state index in [1.165, 1.54) is 0 Å². The van der Waals surface area contributed by atoms with Crippen LogP contribution < -0.4 is 0 Å². The van der Waals surface area contributed by atoms with Crippen LogP contribution in [0.3, 0.4) is 0 Å². The Balaban J connectivity index is 2.67. The lowest BCUT2D eigenvalue weighted by molar-refractivity contribution is 0.592. The van der Waals surface area contributed by atoms with E-state index in [2.05, 4.69) is 0 Å². The lowest BCUT2D eigenvalue weighted by Crippen LogP contribution is -2.15. The standard InChI is InChI=1S/C15H14ClOP/c1-11-7-3-5-9-13(11)15(16,18-17)14-10-6-4-8-12(14)2/h3-10H,1-2H3. The molecule has 0 radical (unpaired) electrons. The molecule has 0 amide bonds. The molecular weight excluding hydrogens is 263 g/mol. The van der Waals surface area contributed by atoms with Crippen LogP contribution in [-0.4, -0.2) is 0 Å². The molecule has 0 fully saturated rings. The van der Waals surface area contributed by atoms with Gasteiger partial charge in [0.2, 0.25) is 0 Å². The van der Waals surface area contributed by atoms with E-state index in [9.17, 15) is 4.57 Å². The monoisotopic (exact) mass is 276 g/mol. The molecule has 0 aliphatic rings. The zero-order valence-electron chi connectivity index (χ0n) is 10.4. The Bertz CT molecular complexity index is 535. The normalized spacial score (nSPS) is 11.7. The van der Waals surface area contributed by atoms with Crippen LogP contribution in [0, 0.1) is 13.8 Å². The molecule has 0 aliphatic heterocycles. The van der Waals surface area contributed by atoms with E-state index in [0.29, 0.717) is 0 Å². The molecule has 0 aliphatic carbocycles. The Morgan fingerprint density at radius 2 is 1.28 bits per heavy atom. The highest BCUT2D eigenvalue weighted by atomic mass is 35.5. The largest absolute Gasteiger partial charge is 0.272 e. The van der Waals surface area contributed by atoms with Crippen molar-refractivity contribution in [1.29, 1.82) is 0 Å². The molecule has 92 valence electrons. The minimum Gasteiger partial charge on any atom is -0.272 e. The van der Waals surface area contributed by atoms with E-state index < -0.39 is 4.62 Å². The molecular formula is C15H14ClOP. The van der Waals surface area contributed by atoms with Gasteiger partial charge < -0.3 is 0 Å². The molecule has 0 saturated heterocycles. The first-order chi connectivity index (χ1) is 8.59. The zero-order valence-corrected chi connectivity index (χ0v) is 12.0. The maximum atomic E-state index is 11.7. The third kappa shape index (κ3) is 2.21. The fourth-order valence-corrected chi connectivity index (χ4v) is 3.26. The fourth-order valence-electron chi connectivity index (χ4n) is 2.13. The molecule has 0 unspecified atom stereocenters. The van der Waals surface area contributed by atoms with Gasteiger partial charge in [-0.05, 0) is 36.1 Å². The van der Waals surface area contributed by atoms with Crippen LogP contribution in [0.5, 0.6) is 0 Å². The molecule has 2 aromatic rings. The predicted molar refractivity (Wildman–Crippen MR) is 76.6 cm³/mol. The third-order valence-electron chi connectivity index (χ3n) is 3.13. The molecule has 0 bridgehead atoms. The molecule has 2 rings (SSSR count). The minimum atomic E-state index is -1.00. The SMILES string of the molecule is Cc1ccccc1C(Cl)(P=O)c1ccccc1C. The van der Waals surface area contributed by atoms with Gasteiger partial charge in [0.15, 0.2) is 13.1 Å². The van der Waals surface area contributed by atoms with Gasteiger partial charge in [-0.1, -0.05) is 60.1 Å². The molecule has 0 heterocycles. The molecule has 0 N–H and O–H groups in total. The van der Waals surface area contributed by atoms with Crippen LogP contribution in [0.15, 0.2) is 48.5 Å². The van der Waals surface area contributed by atoms with Gasteiger partial charge >= 0.3 is 0 Å². The quantitative estimate of drug-likeness (QED) is 0.567. The summed E-state index contributed by atoms with van der Waals surface area (Å²) in [7, 11) is -0.106. The highest BCUT2D eigenvalue weighted by Crippen LogP contribution is 2.47. The summed E-state index contributed by atoms with van der Waals surface area (Å²) >= 11 is 6.66. The first-order valence-corrected chi connectivity index (χ1v) is 6.94. The number of benzene rings is 2. The van der Waals surface area contributed by atoms with E-state index in [4.69, 9.17) is 11.6 Å². The van der Waals surface area contributed by atoms with E-state index >= 15 is 0 Å². The van der Waals surface area contributed by atoms with Gasteiger partial charge in [-0.25, -0.2) is 0 Å². The Kier molecular flexibility index (Phi) is 3.85. The second-order valence-electron chi connectivity index (χ2n) is 4.34.